The summed E-state index contributed by atoms with van der Waals surface area (Å²) in [5, 5.41) is 9.17. The van der Waals surface area contributed by atoms with Gasteiger partial charge in [-0.05, 0) is 30.5 Å². The van der Waals surface area contributed by atoms with Crippen LogP contribution in [0.25, 0.3) is 0 Å². The summed E-state index contributed by atoms with van der Waals surface area (Å²) in [7, 11) is 0. The van der Waals surface area contributed by atoms with Crippen molar-refractivity contribution in [2.75, 3.05) is 19.8 Å². The van der Waals surface area contributed by atoms with Gasteiger partial charge in [0.2, 0.25) is 0 Å². The van der Waals surface area contributed by atoms with E-state index in [0.29, 0.717) is 19.6 Å². The minimum Gasteiger partial charge on any atom is -0.486 e. The molecule has 0 bridgehead atoms. The number of aliphatic hydroxyl groups is 1. The normalized spacial score (nSPS) is 17.3. The lowest BCUT2D eigenvalue weighted by Crippen LogP contribution is -2.28. The molecular weight excluding hydrogens is 230 g/mol. The van der Waals surface area contributed by atoms with Crippen molar-refractivity contribution in [3.63, 3.8) is 0 Å². The molecule has 2 unspecified atom stereocenters. The standard InChI is InChI=1S/C14H21NO3/c1-2-12(15)11(5-6-16)10-3-4-13-14(9-10)18-8-7-17-13/h3-4,9,11-12,16H,2,5-8,15H2,1H3. The number of rotatable bonds is 5. The van der Waals surface area contributed by atoms with Gasteiger partial charge in [0.25, 0.3) is 0 Å². The molecule has 1 aromatic rings. The Bertz CT molecular complexity index is 395. The lowest BCUT2D eigenvalue weighted by Gasteiger charge is -2.25. The predicted molar refractivity (Wildman–Crippen MR) is 70.1 cm³/mol. The highest BCUT2D eigenvalue weighted by Crippen LogP contribution is 2.35. The van der Waals surface area contributed by atoms with Crippen LogP contribution >= 0.6 is 0 Å². The summed E-state index contributed by atoms with van der Waals surface area (Å²) in [4.78, 5) is 0. The SMILES string of the molecule is CCC(N)C(CCO)c1ccc2c(c1)OCCO2. The second kappa shape index (κ2) is 6.07. The topological polar surface area (TPSA) is 64.7 Å². The number of benzene rings is 1. The molecular formula is C14H21NO3. The van der Waals surface area contributed by atoms with E-state index in [2.05, 4.69) is 6.92 Å². The average molecular weight is 251 g/mol. The van der Waals surface area contributed by atoms with Crippen LogP contribution in [0.4, 0.5) is 0 Å². The maximum absolute atomic E-state index is 9.17. The number of nitrogens with two attached hydrogens (primary N) is 1. The van der Waals surface area contributed by atoms with Gasteiger partial charge in [-0.2, -0.15) is 0 Å². The molecule has 2 rings (SSSR count). The summed E-state index contributed by atoms with van der Waals surface area (Å²) in [6.07, 6.45) is 1.56. The molecule has 1 heterocycles. The smallest absolute Gasteiger partial charge is 0.161 e. The molecule has 1 aliphatic heterocycles. The number of fused-ring (bicyclic) bond motifs is 1. The molecule has 0 aliphatic carbocycles. The van der Waals surface area contributed by atoms with E-state index in [1.165, 1.54) is 0 Å². The number of hydrogen-bond donors (Lipinski definition) is 2. The van der Waals surface area contributed by atoms with Gasteiger partial charge in [0.05, 0.1) is 0 Å². The molecule has 0 fully saturated rings. The van der Waals surface area contributed by atoms with Gasteiger partial charge in [-0.25, -0.2) is 0 Å². The summed E-state index contributed by atoms with van der Waals surface area (Å²) < 4.78 is 11.1. The Hall–Kier alpha value is -1.26. The van der Waals surface area contributed by atoms with Crippen LogP contribution in [0.3, 0.4) is 0 Å². The first-order valence-electron chi connectivity index (χ1n) is 6.52. The maximum Gasteiger partial charge on any atom is 0.161 e. The predicted octanol–water partition coefficient (Wildman–Crippen LogP) is 1.66. The molecule has 4 heteroatoms. The zero-order chi connectivity index (χ0) is 13.0. The Morgan fingerprint density at radius 1 is 1.28 bits per heavy atom. The molecule has 0 spiro atoms. The van der Waals surface area contributed by atoms with Crippen molar-refractivity contribution in [2.45, 2.75) is 31.7 Å². The fourth-order valence-electron chi connectivity index (χ4n) is 2.34. The molecule has 2 atom stereocenters. The Labute approximate surface area is 108 Å². The lowest BCUT2D eigenvalue weighted by molar-refractivity contribution is 0.171. The molecule has 1 aromatic carbocycles. The Balaban J connectivity index is 2.24. The van der Waals surface area contributed by atoms with Crippen molar-refractivity contribution in [3.8, 4) is 11.5 Å². The monoisotopic (exact) mass is 251 g/mol. The molecule has 0 saturated heterocycles. The molecule has 0 amide bonds. The van der Waals surface area contributed by atoms with Crippen molar-refractivity contribution in [1.82, 2.24) is 0 Å². The molecule has 0 saturated carbocycles. The van der Waals surface area contributed by atoms with Crippen LogP contribution in [0.15, 0.2) is 18.2 Å². The van der Waals surface area contributed by atoms with Gasteiger partial charge in [-0.15, -0.1) is 0 Å². The van der Waals surface area contributed by atoms with Gasteiger partial charge >= 0.3 is 0 Å². The van der Waals surface area contributed by atoms with Crippen LogP contribution in [0.5, 0.6) is 11.5 Å². The van der Waals surface area contributed by atoms with Crippen LogP contribution in [0.2, 0.25) is 0 Å². The van der Waals surface area contributed by atoms with Crippen LogP contribution in [-0.4, -0.2) is 31.0 Å². The minimum absolute atomic E-state index is 0.0553. The first-order valence-corrected chi connectivity index (χ1v) is 6.52. The zero-order valence-corrected chi connectivity index (χ0v) is 10.8. The first kappa shape index (κ1) is 13.2. The first-order chi connectivity index (χ1) is 8.76. The van der Waals surface area contributed by atoms with Gasteiger partial charge in [0.1, 0.15) is 13.2 Å². The lowest BCUT2D eigenvalue weighted by atomic mass is 9.87. The number of ether oxygens (including phenoxy) is 2. The van der Waals surface area contributed by atoms with Crippen LogP contribution < -0.4 is 15.2 Å². The molecule has 0 aromatic heterocycles. The summed E-state index contributed by atoms with van der Waals surface area (Å²) in [5.41, 5.74) is 7.24. The Kier molecular flexibility index (Phi) is 4.44. The third-order valence-corrected chi connectivity index (χ3v) is 3.42. The highest BCUT2D eigenvalue weighted by molar-refractivity contribution is 5.45. The van der Waals surface area contributed by atoms with E-state index in [4.69, 9.17) is 20.3 Å². The molecule has 1 aliphatic rings. The fourth-order valence-corrected chi connectivity index (χ4v) is 2.34. The minimum atomic E-state index is 0.0553. The Morgan fingerprint density at radius 2 is 2.00 bits per heavy atom. The third-order valence-electron chi connectivity index (χ3n) is 3.42. The highest BCUT2D eigenvalue weighted by Gasteiger charge is 2.21. The van der Waals surface area contributed by atoms with E-state index in [9.17, 15) is 0 Å². The van der Waals surface area contributed by atoms with Crippen molar-refractivity contribution < 1.29 is 14.6 Å². The van der Waals surface area contributed by atoms with E-state index < -0.39 is 0 Å². The zero-order valence-electron chi connectivity index (χ0n) is 10.8. The van der Waals surface area contributed by atoms with Crippen molar-refractivity contribution in [3.05, 3.63) is 23.8 Å². The van der Waals surface area contributed by atoms with Gasteiger partial charge in [0, 0.05) is 18.6 Å². The number of hydrogen-bond acceptors (Lipinski definition) is 4. The van der Waals surface area contributed by atoms with E-state index >= 15 is 0 Å². The molecule has 0 radical (unpaired) electrons. The van der Waals surface area contributed by atoms with Crippen LogP contribution in [-0.2, 0) is 0 Å². The summed E-state index contributed by atoms with van der Waals surface area (Å²) in [6.45, 7) is 3.39. The number of aliphatic hydroxyl groups excluding tert-OH is 1. The second-order valence-corrected chi connectivity index (χ2v) is 4.59. The fraction of sp³-hybridized carbons (Fsp3) is 0.571. The summed E-state index contributed by atoms with van der Waals surface area (Å²) >= 11 is 0. The summed E-state index contributed by atoms with van der Waals surface area (Å²) in [5.74, 6) is 1.73. The van der Waals surface area contributed by atoms with Crippen molar-refractivity contribution in [2.24, 2.45) is 5.73 Å². The van der Waals surface area contributed by atoms with Crippen molar-refractivity contribution >= 4 is 0 Å². The molecule has 4 nitrogen and oxygen atoms in total. The third kappa shape index (κ3) is 2.76. The van der Waals surface area contributed by atoms with E-state index in [0.717, 1.165) is 23.5 Å². The quantitative estimate of drug-likeness (QED) is 0.835. The van der Waals surface area contributed by atoms with Gasteiger partial charge in [-0.3, -0.25) is 0 Å². The van der Waals surface area contributed by atoms with Gasteiger partial charge in [0.15, 0.2) is 11.5 Å². The highest BCUT2D eigenvalue weighted by atomic mass is 16.6. The summed E-state index contributed by atoms with van der Waals surface area (Å²) in [6, 6.07) is 5.99. The van der Waals surface area contributed by atoms with Crippen molar-refractivity contribution in [1.29, 1.82) is 0 Å². The van der Waals surface area contributed by atoms with Gasteiger partial charge < -0.3 is 20.3 Å². The van der Waals surface area contributed by atoms with E-state index in [1.807, 2.05) is 18.2 Å². The van der Waals surface area contributed by atoms with E-state index in [1.54, 1.807) is 0 Å². The molecule has 18 heavy (non-hydrogen) atoms. The van der Waals surface area contributed by atoms with E-state index in [-0.39, 0.29) is 18.6 Å². The Morgan fingerprint density at radius 3 is 2.67 bits per heavy atom. The maximum atomic E-state index is 9.17. The van der Waals surface area contributed by atoms with Gasteiger partial charge in [-0.1, -0.05) is 13.0 Å². The van der Waals surface area contributed by atoms with Crippen LogP contribution in [0, 0.1) is 0 Å². The second-order valence-electron chi connectivity index (χ2n) is 4.59. The molecule has 100 valence electrons. The van der Waals surface area contributed by atoms with Crippen LogP contribution in [0.1, 0.15) is 31.2 Å². The largest absolute Gasteiger partial charge is 0.486 e. The average Bonchev–Trinajstić information content (AvgIpc) is 2.43. The molecule has 3 N–H and O–H groups in total.